The molecule has 0 aliphatic carbocycles. The van der Waals surface area contributed by atoms with Gasteiger partial charge in [-0.3, -0.25) is 0 Å². The second kappa shape index (κ2) is 8.45. The van der Waals surface area contributed by atoms with E-state index in [9.17, 15) is 13.2 Å². The lowest BCUT2D eigenvalue weighted by Crippen LogP contribution is -2.31. The van der Waals surface area contributed by atoms with Crippen LogP contribution >= 0.6 is 0 Å². The van der Waals surface area contributed by atoms with E-state index in [1.807, 2.05) is 10.8 Å². The van der Waals surface area contributed by atoms with E-state index in [0.29, 0.717) is 18.8 Å². The largest absolute Gasteiger partial charge is 0.336 e. The van der Waals surface area contributed by atoms with Gasteiger partial charge in [0.25, 0.3) is 0 Å². The van der Waals surface area contributed by atoms with E-state index in [-0.39, 0.29) is 17.5 Å². The molecule has 2 aromatic rings. The van der Waals surface area contributed by atoms with Crippen molar-refractivity contribution in [2.24, 2.45) is 0 Å². The monoisotopic (exact) mass is 363 g/mol. The first-order chi connectivity index (χ1) is 11.9. The molecule has 0 radical (unpaired) electrons. The number of carbonyl (C=O) groups excluding carboxylic acids is 1. The minimum Gasteiger partial charge on any atom is -0.336 e. The Bertz CT molecular complexity index is 801. The number of likely N-dealkylation sites (N-methyl/N-ethyl adjacent to an activating group) is 1. The van der Waals surface area contributed by atoms with Gasteiger partial charge in [-0.25, -0.2) is 18.2 Å². The molecule has 0 fully saturated rings. The highest BCUT2D eigenvalue weighted by Crippen LogP contribution is 2.17. The summed E-state index contributed by atoms with van der Waals surface area (Å²) in [6, 6.07) is 5.64. The highest BCUT2D eigenvalue weighted by Gasteiger charge is 2.19. The first-order valence-electron chi connectivity index (χ1n) is 7.61. The van der Waals surface area contributed by atoms with Gasteiger partial charge in [0, 0.05) is 44.8 Å². The van der Waals surface area contributed by atoms with E-state index in [2.05, 4.69) is 22.2 Å². The maximum absolute atomic E-state index is 12.3. The van der Waals surface area contributed by atoms with E-state index in [1.54, 1.807) is 24.7 Å². The van der Waals surface area contributed by atoms with Crippen LogP contribution in [0, 0.1) is 0 Å². The van der Waals surface area contributed by atoms with Crippen LogP contribution in [0.3, 0.4) is 0 Å². The predicted molar refractivity (Wildman–Crippen MR) is 95.7 cm³/mol. The van der Waals surface area contributed by atoms with Crippen molar-refractivity contribution in [3.8, 4) is 0 Å². The summed E-state index contributed by atoms with van der Waals surface area (Å²) in [6.07, 6.45) is 6.66. The number of nitrogens with one attached hydrogen (secondary N) is 2. The Morgan fingerprint density at radius 2 is 2.08 bits per heavy atom. The summed E-state index contributed by atoms with van der Waals surface area (Å²) >= 11 is 0. The van der Waals surface area contributed by atoms with Gasteiger partial charge < -0.3 is 15.2 Å². The van der Waals surface area contributed by atoms with Crippen LogP contribution in [-0.2, 0) is 16.6 Å². The van der Waals surface area contributed by atoms with Crippen molar-refractivity contribution < 1.29 is 13.2 Å². The summed E-state index contributed by atoms with van der Waals surface area (Å²) in [5.41, 5.74) is 0.505. The smallest absolute Gasteiger partial charge is 0.319 e. The minimum absolute atomic E-state index is 0.155. The lowest BCUT2D eigenvalue weighted by molar-refractivity contribution is 0.251. The number of rotatable bonds is 8. The fraction of sp³-hybridized carbons (Fsp3) is 0.250. The molecule has 1 aromatic heterocycles. The Labute approximate surface area is 147 Å². The molecule has 0 aliphatic heterocycles. The molecule has 25 heavy (non-hydrogen) atoms. The molecular weight excluding hydrogens is 342 g/mol. The number of hydrogen-bond donors (Lipinski definition) is 2. The molecule has 9 heteroatoms. The topological polar surface area (TPSA) is 96.3 Å². The molecule has 134 valence electrons. The molecule has 0 saturated heterocycles. The highest BCUT2D eigenvalue weighted by atomic mass is 32.2. The first kappa shape index (κ1) is 18.7. The van der Waals surface area contributed by atoms with Crippen LogP contribution in [0.2, 0.25) is 0 Å². The molecule has 0 spiro atoms. The van der Waals surface area contributed by atoms with Gasteiger partial charge in [-0.15, -0.1) is 6.58 Å². The fourth-order valence-electron chi connectivity index (χ4n) is 2.06. The molecule has 0 atom stereocenters. The molecular formula is C16H21N5O3S. The number of amides is 2. The Kier molecular flexibility index (Phi) is 6.31. The van der Waals surface area contributed by atoms with Crippen molar-refractivity contribution in [3.05, 3.63) is 55.6 Å². The molecule has 8 nitrogen and oxygen atoms in total. The second-order valence-corrected chi connectivity index (χ2v) is 7.32. The molecule has 2 amide bonds. The van der Waals surface area contributed by atoms with Gasteiger partial charge in [-0.05, 0) is 24.3 Å². The number of nitrogens with zero attached hydrogens (tertiary/aromatic N) is 3. The molecule has 2 rings (SSSR count). The standard InChI is InChI=1S/C16H21N5O3S/c1-3-10-20(2)25(23,24)15-6-4-14(5-7-15)19-16(22)18-9-12-21-11-8-17-13-21/h3-8,11,13H,1,9-10,12H2,2H3,(H2,18,19,22). The predicted octanol–water partition coefficient (Wildman–Crippen LogP) is 1.51. The summed E-state index contributed by atoms with van der Waals surface area (Å²) < 4.78 is 27.6. The number of urea groups is 1. The number of imidazole rings is 1. The summed E-state index contributed by atoms with van der Waals surface area (Å²) in [6.45, 7) is 4.81. The zero-order chi connectivity index (χ0) is 18.3. The number of hydrogen-bond acceptors (Lipinski definition) is 4. The average Bonchev–Trinajstić information content (AvgIpc) is 3.09. The Balaban J connectivity index is 1.89. The van der Waals surface area contributed by atoms with Crippen LogP contribution in [0.4, 0.5) is 10.5 Å². The van der Waals surface area contributed by atoms with Gasteiger partial charge in [0.05, 0.1) is 11.2 Å². The fourth-order valence-corrected chi connectivity index (χ4v) is 3.20. The molecule has 0 aliphatic rings. The molecule has 0 bridgehead atoms. The van der Waals surface area contributed by atoms with Crippen LogP contribution in [-0.4, -0.2) is 48.4 Å². The van der Waals surface area contributed by atoms with Crippen molar-refractivity contribution in [1.82, 2.24) is 19.2 Å². The number of carbonyl (C=O) groups is 1. The van der Waals surface area contributed by atoms with Crippen LogP contribution in [0.5, 0.6) is 0 Å². The third kappa shape index (κ3) is 5.16. The van der Waals surface area contributed by atoms with Gasteiger partial charge in [0.15, 0.2) is 0 Å². The molecule has 1 heterocycles. The van der Waals surface area contributed by atoms with Crippen molar-refractivity contribution >= 4 is 21.7 Å². The summed E-state index contributed by atoms with van der Waals surface area (Å²) in [4.78, 5) is 15.9. The van der Waals surface area contributed by atoms with E-state index in [0.717, 1.165) is 0 Å². The number of benzene rings is 1. The average molecular weight is 363 g/mol. The summed E-state index contributed by atoms with van der Waals surface area (Å²) in [5.74, 6) is 0. The van der Waals surface area contributed by atoms with Gasteiger partial charge >= 0.3 is 6.03 Å². The van der Waals surface area contributed by atoms with Crippen LogP contribution in [0.1, 0.15) is 0 Å². The quantitative estimate of drug-likeness (QED) is 0.695. The van der Waals surface area contributed by atoms with Gasteiger partial charge in [0.1, 0.15) is 0 Å². The van der Waals surface area contributed by atoms with Gasteiger partial charge in [-0.1, -0.05) is 6.08 Å². The maximum Gasteiger partial charge on any atom is 0.319 e. The van der Waals surface area contributed by atoms with Crippen molar-refractivity contribution in [1.29, 1.82) is 0 Å². The maximum atomic E-state index is 12.3. The Morgan fingerprint density at radius 3 is 2.68 bits per heavy atom. The van der Waals surface area contributed by atoms with Gasteiger partial charge in [0.2, 0.25) is 10.0 Å². The summed E-state index contributed by atoms with van der Waals surface area (Å²) in [7, 11) is -2.08. The van der Waals surface area contributed by atoms with E-state index in [4.69, 9.17) is 0 Å². The van der Waals surface area contributed by atoms with E-state index < -0.39 is 10.0 Å². The van der Waals surface area contributed by atoms with Crippen LogP contribution in [0.25, 0.3) is 0 Å². The second-order valence-electron chi connectivity index (χ2n) is 5.28. The van der Waals surface area contributed by atoms with E-state index in [1.165, 1.54) is 29.6 Å². The number of sulfonamides is 1. The third-order valence-corrected chi connectivity index (χ3v) is 5.26. The molecule has 0 saturated carbocycles. The SMILES string of the molecule is C=CCN(C)S(=O)(=O)c1ccc(NC(=O)NCCn2ccnc2)cc1. The molecule has 1 aromatic carbocycles. The lowest BCUT2D eigenvalue weighted by atomic mass is 10.3. The van der Waals surface area contributed by atoms with E-state index >= 15 is 0 Å². The van der Waals surface area contributed by atoms with Crippen LogP contribution in [0.15, 0.2) is 60.5 Å². The Morgan fingerprint density at radius 1 is 1.36 bits per heavy atom. The molecule has 0 unspecified atom stereocenters. The number of aromatic nitrogens is 2. The third-order valence-electron chi connectivity index (χ3n) is 3.42. The highest BCUT2D eigenvalue weighted by molar-refractivity contribution is 7.89. The normalized spacial score (nSPS) is 11.3. The molecule has 2 N–H and O–H groups in total. The van der Waals surface area contributed by atoms with Gasteiger partial charge in [-0.2, -0.15) is 4.31 Å². The minimum atomic E-state index is -3.56. The lowest BCUT2D eigenvalue weighted by Gasteiger charge is -2.15. The van der Waals surface area contributed by atoms with Crippen molar-refractivity contribution in [3.63, 3.8) is 0 Å². The zero-order valence-electron chi connectivity index (χ0n) is 13.9. The number of anilines is 1. The zero-order valence-corrected chi connectivity index (χ0v) is 14.7. The first-order valence-corrected chi connectivity index (χ1v) is 9.05. The van der Waals surface area contributed by atoms with Crippen molar-refractivity contribution in [2.75, 3.05) is 25.5 Å². The van der Waals surface area contributed by atoms with Crippen molar-refractivity contribution in [2.45, 2.75) is 11.4 Å². The summed E-state index contributed by atoms with van der Waals surface area (Å²) in [5, 5.41) is 5.37. The Hall–Kier alpha value is -2.65. The van der Waals surface area contributed by atoms with Crippen LogP contribution < -0.4 is 10.6 Å².